The zero-order valence-corrected chi connectivity index (χ0v) is 17.9. The molecule has 0 unspecified atom stereocenters. The molecule has 8 heteroatoms. The minimum Gasteiger partial charge on any atom is -0.496 e. The second-order valence-corrected chi connectivity index (χ2v) is 8.32. The molecule has 6 nitrogen and oxygen atoms in total. The van der Waals surface area contributed by atoms with Gasteiger partial charge in [0.05, 0.1) is 25.9 Å². The molecule has 2 amide bonds. The number of para-hydroxylation sites is 1. The summed E-state index contributed by atoms with van der Waals surface area (Å²) >= 11 is 0. The lowest BCUT2D eigenvalue weighted by Crippen LogP contribution is -2.55. The molecule has 2 aliphatic rings. The van der Waals surface area contributed by atoms with E-state index in [0.717, 1.165) is 23.4 Å². The highest BCUT2D eigenvalue weighted by Gasteiger charge is 2.50. The van der Waals surface area contributed by atoms with Crippen molar-refractivity contribution in [3.8, 4) is 5.75 Å². The third kappa shape index (κ3) is 4.46. The normalized spacial score (nSPS) is 23.2. The number of nitrogens with zero attached hydrogens (tertiary/aromatic N) is 1. The second kappa shape index (κ2) is 9.24. The number of halogens is 2. The SMILES string of the molecule is COc1ccccc1CCC(=O)N1C[C@@H](c2ccc(F)c(F)c2)[C@@]2(COCCC(=O)N2)C1. The Kier molecular flexibility index (Phi) is 6.41. The van der Waals surface area contributed by atoms with E-state index < -0.39 is 23.1 Å². The molecular weight excluding hydrogens is 418 g/mol. The van der Waals surface area contributed by atoms with Gasteiger partial charge in [-0.3, -0.25) is 9.59 Å². The van der Waals surface area contributed by atoms with Crippen LogP contribution in [0.3, 0.4) is 0 Å². The number of hydrogen-bond donors (Lipinski definition) is 1. The Labute approximate surface area is 185 Å². The van der Waals surface area contributed by atoms with Gasteiger partial charge in [-0.05, 0) is 35.7 Å². The maximum Gasteiger partial charge on any atom is 0.223 e. The molecule has 0 bridgehead atoms. The van der Waals surface area contributed by atoms with Crippen molar-refractivity contribution in [2.45, 2.75) is 30.7 Å². The quantitative estimate of drug-likeness (QED) is 0.770. The Balaban J connectivity index is 1.56. The van der Waals surface area contributed by atoms with E-state index in [9.17, 15) is 18.4 Å². The van der Waals surface area contributed by atoms with E-state index in [1.807, 2.05) is 24.3 Å². The minimum atomic E-state index is -0.959. The Morgan fingerprint density at radius 2 is 2.06 bits per heavy atom. The molecule has 2 heterocycles. The van der Waals surface area contributed by atoms with Crippen LogP contribution < -0.4 is 10.1 Å². The highest BCUT2D eigenvalue weighted by molar-refractivity contribution is 5.80. The summed E-state index contributed by atoms with van der Waals surface area (Å²) in [6.07, 6.45) is 0.981. The third-order valence-corrected chi connectivity index (χ3v) is 6.26. The van der Waals surface area contributed by atoms with E-state index in [1.165, 1.54) is 6.07 Å². The largest absolute Gasteiger partial charge is 0.496 e. The van der Waals surface area contributed by atoms with Crippen LogP contribution in [0, 0.1) is 11.6 Å². The van der Waals surface area contributed by atoms with Crippen LogP contribution >= 0.6 is 0 Å². The van der Waals surface area contributed by atoms with Crippen LogP contribution in [-0.2, 0) is 20.7 Å². The number of carbonyl (C=O) groups excluding carboxylic acids is 2. The third-order valence-electron chi connectivity index (χ3n) is 6.26. The maximum atomic E-state index is 14.0. The summed E-state index contributed by atoms with van der Waals surface area (Å²) in [5, 5.41) is 3.02. The molecule has 170 valence electrons. The van der Waals surface area contributed by atoms with Gasteiger partial charge in [-0.2, -0.15) is 0 Å². The van der Waals surface area contributed by atoms with Crippen LogP contribution in [0.1, 0.15) is 29.9 Å². The predicted molar refractivity (Wildman–Crippen MR) is 113 cm³/mol. The van der Waals surface area contributed by atoms with Crippen LogP contribution in [0.25, 0.3) is 0 Å². The zero-order valence-electron chi connectivity index (χ0n) is 17.9. The van der Waals surface area contributed by atoms with Gasteiger partial charge in [0.2, 0.25) is 11.8 Å². The fraction of sp³-hybridized carbons (Fsp3) is 0.417. The fourth-order valence-corrected chi connectivity index (χ4v) is 4.63. The van der Waals surface area contributed by atoms with Crippen molar-refractivity contribution in [2.75, 3.05) is 33.4 Å². The molecule has 0 aliphatic carbocycles. The number of ether oxygens (including phenoxy) is 2. The van der Waals surface area contributed by atoms with Crippen molar-refractivity contribution >= 4 is 11.8 Å². The molecule has 2 saturated heterocycles. The van der Waals surface area contributed by atoms with E-state index in [4.69, 9.17) is 9.47 Å². The Bertz CT molecular complexity index is 1020. The highest BCUT2D eigenvalue weighted by Crippen LogP contribution is 2.38. The summed E-state index contributed by atoms with van der Waals surface area (Å²) in [6.45, 7) is 0.991. The molecule has 32 heavy (non-hydrogen) atoms. The first kappa shape index (κ1) is 22.2. The van der Waals surface area contributed by atoms with Crippen molar-refractivity contribution < 1.29 is 27.8 Å². The smallest absolute Gasteiger partial charge is 0.223 e. The molecule has 0 aromatic heterocycles. The number of hydrogen-bond acceptors (Lipinski definition) is 4. The Morgan fingerprint density at radius 1 is 1.25 bits per heavy atom. The van der Waals surface area contributed by atoms with Gasteiger partial charge < -0.3 is 19.7 Å². The van der Waals surface area contributed by atoms with Crippen LogP contribution in [0.5, 0.6) is 5.75 Å². The van der Waals surface area contributed by atoms with E-state index in [0.29, 0.717) is 12.0 Å². The van der Waals surface area contributed by atoms with Crippen molar-refractivity contribution in [3.05, 3.63) is 65.2 Å². The predicted octanol–water partition coefficient (Wildman–Crippen LogP) is 2.81. The molecule has 1 spiro atoms. The summed E-state index contributed by atoms with van der Waals surface area (Å²) in [5.41, 5.74) is 0.563. The summed E-state index contributed by atoms with van der Waals surface area (Å²) in [6, 6.07) is 11.2. The van der Waals surface area contributed by atoms with Crippen LogP contribution in [0.4, 0.5) is 8.78 Å². The number of carbonyl (C=O) groups is 2. The monoisotopic (exact) mass is 444 g/mol. The fourth-order valence-electron chi connectivity index (χ4n) is 4.63. The first-order valence-electron chi connectivity index (χ1n) is 10.7. The van der Waals surface area contributed by atoms with Gasteiger partial charge in [0, 0.05) is 31.8 Å². The number of methoxy groups -OCH3 is 1. The molecule has 0 saturated carbocycles. The molecule has 2 aromatic rings. The van der Waals surface area contributed by atoms with Crippen molar-refractivity contribution in [1.29, 1.82) is 0 Å². The van der Waals surface area contributed by atoms with Crippen molar-refractivity contribution in [2.24, 2.45) is 0 Å². The molecule has 2 aliphatic heterocycles. The van der Waals surface area contributed by atoms with Crippen LogP contribution in [-0.4, -0.2) is 55.7 Å². The van der Waals surface area contributed by atoms with Gasteiger partial charge in [-0.25, -0.2) is 8.78 Å². The molecular formula is C24H26F2N2O4. The number of amides is 2. The minimum absolute atomic E-state index is 0.0844. The molecule has 0 radical (unpaired) electrons. The second-order valence-electron chi connectivity index (χ2n) is 8.32. The molecule has 2 aromatic carbocycles. The topological polar surface area (TPSA) is 67.9 Å². The van der Waals surface area contributed by atoms with E-state index >= 15 is 0 Å². The van der Waals surface area contributed by atoms with E-state index in [2.05, 4.69) is 5.32 Å². The lowest BCUT2D eigenvalue weighted by molar-refractivity contribution is -0.131. The first-order valence-corrected chi connectivity index (χ1v) is 10.7. The average molecular weight is 444 g/mol. The van der Waals surface area contributed by atoms with Crippen molar-refractivity contribution in [3.63, 3.8) is 0 Å². The Hall–Kier alpha value is -3.00. The molecule has 2 atom stereocenters. The molecule has 2 fully saturated rings. The zero-order chi connectivity index (χ0) is 22.7. The summed E-state index contributed by atoms with van der Waals surface area (Å²) < 4.78 is 38.6. The van der Waals surface area contributed by atoms with Gasteiger partial charge in [-0.1, -0.05) is 24.3 Å². The summed E-state index contributed by atoms with van der Waals surface area (Å²) in [4.78, 5) is 27.1. The van der Waals surface area contributed by atoms with Crippen molar-refractivity contribution in [1.82, 2.24) is 10.2 Å². The number of nitrogens with one attached hydrogen (secondary N) is 1. The maximum absolute atomic E-state index is 14.0. The lowest BCUT2D eigenvalue weighted by Gasteiger charge is -2.34. The van der Waals surface area contributed by atoms with Crippen LogP contribution in [0.15, 0.2) is 42.5 Å². The molecule has 1 N–H and O–H groups in total. The summed E-state index contributed by atoms with van der Waals surface area (Å²) in [7, 11) is 1.59. The van der Waals surface area contributed by atoms with Gasteiger partial charge in [-0.15, -0.1) is 0 Å². The standard InChI is InChI=1S/C24H26F2N2O4/c1-31-21-5-3-2-4-16(21)7-9-23(30)28-13-18(17-6-8-19(25)20(26)12-17)24(14-28)15-32-11-10-22(29)27-24/h2-6,8,12,18H,7,9-11,13-15H2,1H3,(H,27,29)/t18-,24-/m0/s1. The number of rotatable bonds is 5. The highest BCUT2D eigenvalue weighted by atomic mass is 19.2. The number of benzene rings is 2. The van der Waals surface area contributed by atoms with Gasteiger partial charge in [0.25, 0.3) is 0 Å². The summed E-state index contributed by atoms with van der Waals surface area (Å²) in [5.74, 6) is -1.86. The van der Waals surface area contributed by atoms with Crippen LogP contribution in [0.2, 0.25) is 0 Å². The molecule has 4 rings (SSSR count). The Morgan fingerprint density at radius 3 is 2.84 bits per heavy atom. The van der Waals surface area contributed by atoms with Gasteiger partial charge in [0.1, 0.15) is 5.75 Å². The number of aryl methyl sites for hydroxylation is 1. The van der Waals surface area contributed by atoms with E-state index in [-0.39, 0.29) is 51.0 Å². The lowest BCUT2D eigenvalue weighted by atomic mass is 9.82. The van der Waals surface area contributed by atoms with E-state index in [1.54, 1.807) is 12.0 Å². The average Bonchev–Trinajstić information content (AvgIpc) is 3.05. The van der Waals surface area contributed by atoms with Gasteiger partial charge in [0.15, 0.2) is 11.6 Å². The first-order chi connectivity index (χ1) is 15.4. The van der Waals surface area contributed by atoms with Gasteiger partial charge >= 0.3 is 0 Å². The number of likely N-dealkylation sites (tertiary alicyclic amines) is 1.